The molecule has 5 nitrogen and oxygen atoms in total. The van der Waals surface area contributed by atoms with Gasteiger partial charge in [-0.25, -0.2) is 9.18 Å². The van der Waals surface area contributed by atoms with Gasteiger partial charge in [0.05, 0.1) is 18.9 Å². The summed E-state index contributed by atoms with van der Waals surface area (Å²) in [5, 5.41) is 0. The Kier molecular flexibility index (Phi) is 4.14. The lowest BCUT2D eigenvalue weighted by molar-refractivity contribution is 0.0473. The van der Waals surface area contributed by atoms with Gasteiger partial charge < -0.3 is 15.2 Å². The van der Waals surface area contributed by atoms with Crippen molar-refractivity contribution in [1.82, 2.24) is 4.98 Å². The summed E-state index contributed by atoms with van der Waals surface area (Å²) in [5.41, 5.74) is 6.66. The van der Waals surface area contributed by atoms with Crippen molar-refractivity contribution >= 4 is 11.7 Å². The molecule has 0 bridgehead atoms. The largest absolute Gasteiger partial charge is 0.497 e. The monoisotopic (exact) mass is 276 g/mol. The normalized spacial score (nSPS) is 10.1. The smallest absolute Gasteiger partial charge is 0.340 e. The molecular formula is C14H13FN2O3. The number of carbonyl (C=O) groups excluding carboxylic acids is 1. The Balaban J connectivity index is 2.08. The van der Waals surface area contributed by atoms with Crippen LogP contribution in [0.25, 0.3) is 0 Å². The van der Waals surface area contributed by atoms with E-state index in [-0.39, 0.29) is 17.9 Å². The molecule has 0 saturated carbocycles. The molecule has 20 heavy (non-hydrogen) atoms. The first kappa shape index (κ1) is 13.8. The van der Waals surface area contributed by atoms with Crippen molar-refractivity contribution < 1.29 is 18.7 Å². The number of nitrogens with zero attached hydrogens (tertiary/aromatic N) is 1. The van der Waals surface area contributed by atoms with Gasteiger partial charge in [-0.15, -0.1) is 0 Å². The molecule has 2 rings (SSSR count). The van der Waals surface area contributed by atoms with Crippen LogP contribution in [0.1, 0.15) is 15.9 Å². The van der Waals surface area contributed by atoms with Crippen LogP contribution in [0.2, 0.25) is 0 Å². The van der Waals surface area contributed by atoms with Gasteiger partial charge in [-0.05, 0) is 24.3 Å². The molecule has 0 saturated heterocycles. The van der Waals surface area contributed by atoms with E-state index in [9.17, 15) is 9.18 Å². The summed E-state index contributed by atoms with van der Waals surface area (Å²) >= 11 is 0. The van der Waals surface area contributed by atoms with Crippen molar-refractivity contribution in [3.05, 3.63) is 53.6 Å². The Morgan fingerprint density at radius 1 is 1.35 bits per heavy atom. The Hall–Kier alpha value is -2.63. The molecule has 1 aromatic heterocycles. The number of anilines is 1. The van der Waals surface area contributed by atoms with Crippen LogP contribution in [0, 0.1) is 5.82 Å². The Labute approximate surface area is 115 Å². The van der Waals surface area contributed by atoms with Crippen LogP contribution in [0.15, 0.2) is 36.7 Å². The molecule has 104 valence electrons. The summed E-state index contributed by atoms with van der Waals surface area (Å²) in [5.74, 6) is -0.594. The zero-order valence-electron chi connectivity index (χ0n) is 10.8. The number of ether oxygens (including phenoxy) is 2. The molecule has 0 aliphatic heterocycles. The number of hydrogen-bond donors (Lipinski definition) is 1. The number of carbonyl (C=O) groups is 1. The van der Waals surface area contributed by atoms with Crippen molar-refractivity contribution in [3.8, 4) is 5.75 Å². The number of methoxy groups -OCH3 is 1. The summed E-state index contributed by atoms with van der Waals surface area (Å²) in [7, 11) is 1.49. The topological polar surface area (TPSA) is 74.4 Å². The zero-order valence-corrected chi connectivity index (χ0v) is 10.8. The average molecular weight is 276 g/mol. The van der Waals surface area contributed by atoms with Gasteiger partial charge in [-0.2, -0.15) is 0 Å². The number of nitrogens with two attached hydrogens (primary N) is 1. The molecule has 1 aromatic carbocycles. The molecule has 2 aromatic rings. The number of esters is 1. The van der Waals surface area contributed by atoms with Gasteiger partial charge in [0.1, 0.15) is 18.2 Å². The fourth-order valence-electron chi connectivity index (χ4n) is 1.60. The predicted octanol–water partition coefficient (Wildman–Crippen LogP) is 2.17. The van der Waals surface area contributed by atoms with E-state index in [0.717, 1.165) is 6.20 Å². The molecule has 0 spiro atoms. The Morgan fingerprint density at radius 3 is 2.85 bits per heavy atom. The summed E-state index contributed by atoms with van der Waals surface area (Å²) in [6.07, 6.45) is 2.50. The van der Waals surface area contributed by atoms with Crippen LogP contribution in [0.4, 0.5) is 10.1 Å². The molecule has 0 unspecified atom stereocenters. The van der Waals surface area contributed by atoms with E-state index in [0.29, 0.717) is 11.3 Å². The minimum Gasteiger partial charge on any atom is -0.497 e. The van der Waals surface area contributed by atoms with E-state index in [1.807, 2.05) is 0 Å². The second kappa shape index (κ2) is 6.01. The highest BCUT2D eigenvalue weighted by Crippen LogP contribution is 2.20. The summed E-state index contributed by atoms with van der Waals surface area (Å²) < 4.78 is 23.0. The number of pyridine rings is 1. The van der Waals surface area contributed by atoms with Crippen molar-refractivity contribution in [2.75, 3.05) is 12.8 Å². The van der Waals surface area contributed by atoms with Gasteiger partial charge in [0.25, 0.3) is 0 Å². The molecule has 0 amide bonds. The van der Waals surface area contributed by atoms with Crippen molar-refractivity contribution in [2.24, 2.45) is 0 Å². The molecule has 6 heteroatoms. The van der Waals surface area contributed by atoms with Gasteiger partial charge in [-0.1, -0.05) is 0 Å². The van der Waals surface area contributed by atoms with Crippen LogP contribution in [-0.4, -0.2) is 18.1 Å². The summed E-state index contributed by atoms with van der Waals surface area (Å²) in [4.78, 5) is 15.6. The van der Waals surface area contributed by atoms with Crippen molar-refractivity contribution in [3.63, 3.8) is 0 Å². The maximum Gasteiger partial charge on any atom is 0.340 e. The van der Waals surface area contributed by atoms with Crippen molar-refractivity contribution in [1.29, 1.82) is 0 Å². The maximum atomic E-state index is 12.9. The van der Waals surface area contributed by atoms with Crippen LogP contribution in [0.3, 0.4) is 0 Å². The van der Waals surface area contributed by atoms with Crippen LogP contribution >= 0.6 is 0 Å². The number of benzene rings is 1. The molecule has 0 radical (unpaired) electrons. The van der Waals surface area contributed by atoms with Gasteiger partial charge in [0, 0.05) is 17.4 Å². The van der Waals surface area contributed by atoms with Crippen LogP contribution in [0.5, 0.6) is 5.75 Å². The number of nitrogen functional groups attached to an aromatic ring is 1. The first-order chi connectivity index (χ1) is 9.60. The molecule has 0 atom stereocenters. The quantitative estimate of drug-likeness (QED) is 0.684. The minimum absolute atomic E-state index is 0.0831. The first-order valence-corrected chi connectivity index (χ1v) is 5.80. The van der Waals surface area contributed by atoms with Crippen LogP contribution in [-0.2, 0) is 11.3 Å². The summed E-state index contributed by atoms with van der Waals surface area (Å²) in [6, 6.07) is 5.93. The van der Waals surface area contributed by atoms with E-state index in [2.05, 4.69) is 4.98 Å². The third-order valence-electron chi connectivity index (χ3n) is 2.61. The lowest BCUT2D eigenvalue weighted by Crippen LogP contribution is -2.08. The average Bonchev–Trinajstić information content (AvgIpc) is 2.45. The van der Waals surface area contributed by atoms with Gasteiger partial charge in [0.15, 0.2) is 0 Å². The zero-order chi connectivity index (χ0) is 14.5. The van der Waals surface area contributed by atoms with Gasteiger partial charge in [-0.3, -0.25) is 4.98 Å². The van der Waals surface area contributed by atoms with Crippen molar-refractivity contribution in [2.45, 2.75) is 6.61 Å². The lowest BCUT2D eigenvalue weighted by atomic mass is 10.1. The van der Waals surface area contributed by atoms with Gasteiger partial charge >= 0.3 is 5.97 Å². The molecule has 1 heterocycles. The highest BCUT2D eigenvalue weighted by molar-refractivity contribution is 5.95. The lowest BCUT2D eigenvalue weighted by Gasteiger charge is -2.08. The number of rotatable bonds is 4. The second-order valence-electron chi connectivity index (χ2n) is 4.04. The molecule has 0 aliphatic rings. The van der Waals surface area contributed by atoms with E-state index >= 15 is 0 Å². The Bertz CT molecular complexity index is 632. The van der Waals surface area contributed by atoms with E-state index < -0.39 is 11.8 Å². The molecular weight excluding hydrogens is 263 g/mol. The fraction of sp³-hybridized carbons (Fsp3) is 0.143. The third kappa shape index (κ3) is 3.23. The van der Waals surface area contributed by atoms with E-state index in [4.69, 9.17) is 15.2 Å². The SMILES string of the molecule is COc1ccc(N)c(C(=O)OCc2cncc(F)c2)c1. The van der Waals surface area contributed by atoms with Gasteiger partial charge in [0.2, 0.25) is 0 Å². The molecule has 0 fully saturated rings. The third-order valence-corrected chi connectivity index (χ3v) is 2.61. The van der Waals surface area contributed by atoms with Crippen LogP contribution < -0.4 is 10.5 Å². The molecule has 2 N–H and O–H groups in total. The van der Waals surface area contributed by atoms with E-state index in [1.54, 1.807) is 12.1 Å². The first-order valence-electron chi connectivity index (χ1n) is 5.80. The van der Waals surface area contributed by atoms with E-state index in [1.165, 1.54) is 25.4 Å². The number of aromatic nitrogens is 1. The fourth-order valence-corrected chi connectivity index (χ4v) is 1.60. The number of hydrogen-bond acceptors (Lipinski definition) is 5. The number of halogens is 1. The predicted molar refractivity (Wildman–Crippen MR) is 70.7 cm³/mol. The standard InChI is InChI=1S/C14H13FN2O3/c1-19-11-2-3-13(16)12(5-11)14(18)20-8-9-4-10(15)7-17-6-9/h2-7H,8,16H2,1H3. The summed E-state index contributed by atoms with van der Waals surface area (Å²) in [6.45, 7) is -0.0831. The second-order valence-corrected chi connectivity index (χ2v) is 4.04. The maximum absolute atomic E-state index is 12.9. The highest BCUT2D eigenvalue weighted by Gasteiger charge is 2.13. The Morgan fingerprint density at radius 2 is 2.15 bits per heavy atom. The highest BCUT2D eigenvalue weighted by atomic mass is 19.1. The molecule has 0 aliphatic carbocycles. The minimum atomic E-state index is -0.606.